The van der Waals surface area contributed by atoms with Crippen LogP contribution >= 0.6 is 11.3 Å². The average molecular weight is 387 g/mol. The van der Waals surface area contributed by atoms with Gasteiger partial charge in [0.1, 0.15) is 0 Å². The molecule has 2 aliphatic rings. The molecule has 1 atom stereocenters. The molecule has 1 saturated heterocycles. The predicted molar refractivity (Wildman–Crippen MR) is 107 cm³/mol. The van der Waals surface area contributed by atoms with Crippen LogP contribution in [0.25, 0.3) is 0 Å². The van der Waals surface area contributed by atoms with Crippen molar-refractivity contribution in [3.63, 3.8) is 0 Å². The summed E-state index contributed by atoms with van der Waals surface area (Å²) in [5.41, 5.74) is 1.45. The fourth-order valence-electron chi connectivity index (χ4n) is 3.69. The van der Waals surface area contributed by atoms with E-state index < -0.39 is 0 Å². The van der Waals surface area contributed by atoms with Crippen molar-refractivity contribution in [2.24, 2.45) is 0 Å². The van der Waals surface area contributed by atoms with E-state index in [9.17, 15) is 4.79 Å². The molecule has 4 rings (SSSR count). The third-order valence-electron chi connectivity index (χ3n) is 5.41. The topological polar surface area (TPSA) is 64.6 Å². The highest BCUT2D eigenvalue weighted by atomic mass is 32.1. The van der Waals surface area contributed by atoms with Crippen molar-refractivity contribution in [1.29, 1.82) is 0 Å². The molecule has 1 N–H and O–H groups in total. The van der Waals surface area contributed by atoms with Crippen LogP contribution in [0, 0.1) is 0 Å². The largest absolute Gasteiger partial charge is 0.337 e. The Morgan fingerprint density at radius 3 is 2.78 bits per heavy atom. The minimum Gasteiger partial charge on any atom is -0.337 e. The Kier molecular flexibility index (Phi) is 5.54. The quantitative estimate of drug-likeness (QED) is 0.868. The number of carbonyl (C=O) groups is 1. The number of urea groups is 1. The Balaban J connectivity index is 1.22. The first-order valence-corrected chi connectivity index (χ1v) is 10.4. The van der Waals surface area contributed by atoms with Crippen LogP contribution in [0.2, 0.25) is 0 Å². The van der Waals surface area contributed by atoms with Gasteiger partial charge in [0.15, 0.2) is 0 Å². The first-order valence-electron chi connectivity index (χ1n) is 9.55. The molecule has 0 aliphatic carbocycles. The number of aromatic nitrogens is 2. The second kappa shape index (κ2) is 8.22. The van der Waals surface area contributed by atoms with Crippen LogP contribution in [0.3, 0.4) is 0 Å². The molecule has 2 aliphatic heterocycles. The number of rotatable bonds is 4. The standard InChI is InChI=1S/C19H26N6OS/c1-15(25-7-3-17-16(14-25)4-12-27-17)13-22-19(26)24-10-8-23(9-11-24)18-20-5-2-6-21-18/h2,4-6,12,15H,3,7-11,13-14H2,1H3,(H,22,26). The van der Waals surface area contributed by atoms with Crippen LogP contribution in [0.15, 0.2) is 29.9 Å². The van der Waals surface area contributed by atoms with E-state index in [1.807, 2.05) is 22.3 Å². The third-order valence-corrected chi connectivity index (χ3v) is 6.43. The molecule has 2 aromatic rings. The van der Waals surface area contributed by atoms with Crippen molar-refractivity contribution >= 4 is 23.3 Å². The zero-order valence-corrected chi connectivity index (χ0v) is 16.5. The Morgan fingerprint density at radius 1 is 1.22 bits per heavy atom. The number of anilines is 1. The van der Waals surface area contributed by atoms with Crippen molar-refractivity contribution in [3.05, 3.63) is 40.3 Å². The minimum absolute atomic E-state index is 0.0312. The van der Waals surface area contributed by atoms with Gasteiger partial charge in [0.25, 0.3) is 0 Å². The van der Waals surface area contributed by atoms with Crippen LogP contribution < -0.4 is 10.2 Å². The average Bonchev–Trinajstić information content (AvgIpc) is 3.20. The number of fused-ring (bicyclic) bond motifs is 1. The van der Waals surface area contributed by atoms with Crippen molar-refractivity contribution in [2.45, 2.75) is 25.9 Å². The number of hydrogen-bond donors (Lipinski definition) is 1. The number of nitrogens with zero attached hydrogens (tertiary/aromatic N) is 5. The lowest BCUT2D eigenvalue weighted by Gasteiger charge is -2.36. The molecule has 0 bridgehead atoms. The molecule has 27 heavy (non-hydrogen) atoms. The summed E-state index contributed by atoms with van der Waals surface area (Å²) in [5.74, 6) is 0.740. The Morgan fingerprint density at radius 2 is 2.00 bits per heavy atom. The summed E-state index contributed by atoms with van der Waals surface area (Å²) in [4.78, 5) is 29.1. The van der Waals surface area contributed by atoms with E-state index in [1.165, 1.54) is 10.4 Å². The molecule has 8 heteroatoms. The molecule has 1 fully saturated rings. The van der Waals surface area contributed by atoms with Gasteiger partial charge in [-0.05, 0) is 36.4 Å². The summed E-state index contributed by atoms with van der Waals surface area (Å²) in [6, 6.07) is 4.41. The van der Waals surface area contributed by atoms with E-state index in [2.05, 4.69) is 43.5 Å². The Hall–Kier alpha value is -2.19. The zero-order valence-electron chi connectivity index (χ0n) is 15.7. The van der Waals surface area contributed by atoms with E-state index in [0.29, 0.717) is 25.7 Å². The highest BCUT2D eigenvalue weighted by Gasteiger charge is 2.25. The molecule has 0 aromatic carbocycles. The van der Waals surface area contributed by atoms with E-state index in [-0.39, 0.29) is 6.03 Å². The molecule has 0 saturated carbocycles. The lowest BCUT2D eigenvalue weighted by molar-refractivity contribution is 0.172. The van der Waals surface area contributed by atoms with Crippen molar-refractivity contribution in [1.82, 2.24) is 25.1 Å². The summed E-state index contributed by atoms with van der Waals surface area (Å²) in [6.45, 7) is 7.86. The van der Waals surface area contributed by atoms with Gasteiger partial charge in [0.05, 0.1) is 0 Å². The number of nitrogens with one attached hydrogen (secondary N) is 1. The van der Waals surface area contributed by atoms with Crippen LogP contribution in [0.1, 0.15) is 17.4 Å². The monoisotopic (exact) mass is 386 g/mol. The number of piperazine rings is 1. The normalized spacial score (nSPS) is 18.9. The predicted octanol–water partition coefficient (Wildman–Crippen LogP) is 1.82. The molecule has 2 aromatic heterocycles. The molecular weight excluding hydrogens is 360 g/mol. The third kappa shape index (κ3) is 4.22. The minimum atomic E-state index is 0.0312. The molecule has 2 amide bonds. The molecule has 1 unspecified atom stereocenters. The molecular formula is C19H26N6OS. The lowest BCUT2D eigenvalue weighted by Crippen LogP contribution is -2.54. The summed E-state index contributed by atoms with van der Waals surface area (Å²) in [5, 5.41) is 5.30. The van der Waals surface area contributed by atoms with Gasteiger partial charge in [0, 0.05) is 69.1 Å². The summed E-state index contributed by atoms with van der Waals surface area (Å²) < 4.78 is 0. The maximum Gasteiger partial charge on any atom is 0.317 e. The van der Waals surface area contributed by atoms with Gasteiger partial charge < -0.3 is 15.1 Å². The Bertz CT molecular complexity index is 759. The summed E-state index contributed by atoms with van der Waals surface area (Å²) in [7, 11) is 0. The van der Waals surface area contributed by atoms with Gasteiger partial charge in [-0.2, -0.15) is 0 Å². The second-order valence-corrected chi connectivity index (χ2v) is 8.15. The molecule has 0 radical (unpaired) electrons. The van der Waals surface area contributed by atoms with Gasteiger partial charge in [0.2, 0.25) is 5.95 Å². The first kappa shape index (κ1) is 18.2. The van der Waals surface area contributed by atoms with Gasteiger partial charge in [-0.25, -0.2) is 14.8 Å². The second-order valence-electron chi connectivity index (χ2n) is 7.15. The van der Waals surface area contributed by atoms with Crippen molar-refractivity contribution in [3.8, 4) is 0 Å². The summed E-state index contributed by atoms with van der Waals surface area (Å²) in [6.07, 6.45) is 4.62. The number of hydrogen-bond acceptors (Lipinski definition) is 6. The van der Waals surface area contributed by atoms with Gasteiger partial charge in [-0.3, -0.25) is 4.90 Å². The van der Waals surface area contributed by atoms with E-state index in [4.69, 9.17) is 0 Å². The number of carbonyl (C=O) groups excluding carboxylic acids is 1. The number of amides is 2. The number of thiophene rings is 1. The first-order chi connectivity index (χ1) is 13.2. The molecule has 7 nitrogen and oxygen atoms in total. The molecule has 4 heterocycles. The molecule has 0 spiro atoms. The van der Waals surface area contributed by atoms with Crippen molar-refractivity contribution in [2.75, 3.05) is 44.2 Å². The van der Waals surface area contributed by atoms with Crippen LogP contribution in [-0.4, -0.2) is 71.1 Å². The maximum absolute atomic E-state index is 12.5. The van der Waals surface area contributed by atoms with E-state index >= 15 is 0 Å². The fourth-order valence-corrected chi connectivity index (χ4v) is 4.58. The Labute approximate surface area is 164 Å². The van der Waals surface area contributed by atoms with Crippen molar-refractivity contribution < 1.29 is 4.79 Å². The van der Waals surface area contributed by atoms with E-state index in [1.54, 1.807) is 12.4 Å². The van der Waals surface area contributed by atoms with E-state index in [0.717, 1.165) is 38.5 Å². The highest BCUT2D eigenvalue weighted by Crippen LogP contribution is 2.25. The lowest BCUT2D eigenvalue weighted by atomic mass is 10.1. The molecule has 144 valence electrons. The highest BCUT2D eigenvalue weighted by molar-refractivity contribution is 7.10. The summed E-state index contributed by atoms with van der Waals surface area (Å²) >= 11 is 1.86. The maximum atomic E-state index is 12.5. The van der Waals surface area contributed by atoms with Gasteiger partial charge >= 0.3 is 6.03 Å². The van der Waals surface area contributed by atoms with Gasteiger partial charge in [-0.15, -0.1) is 11.3 Å². The van der Waals surface area contributed by atoms with Gasteiger partial charge in [-0.1, -0.05) is 0 Å². The smallest absolute Gasteiger partial charge is 0.317 e. The fraction of sp³-hybridized carbons (Fsp3) is 0.526. The SMILES string of the molecule is CC(CNC(=O)N1CCN(c2ncccn2)CC1)N1CCc2sccc2C1. The zero-order chi connectivity index (χ0) is 18.6. The van der Waals surface area contributed by atoms with Crippen LogP contribution in [0.5, 0.6) is 0 Å². The van der Waals surface area contributed by atoms with Crippen LogP contribution in [0.4, 0.5) is 10.7 Å². The van der Waals surface area contributed by atoms with Crippen LogP contribution in [-0.2, 0) is 13.0 Å².